The van der Waals surface area contributed by atoms with Crippen LogP contribution in [-0.2, 0) is 30.2 Å². The largest absolute Gasteiger partial charge is 0.345 e. The van der Waals surface area contributed by atoms with E-state index in [1.807, 2.05) is 56.1 Å². The average Bonchev–Trinajstić information content (AvgIpc) is 3.96. The Labute approximate surface area is 311 Å². The number of nitrogens with zero attached hydrogens (tertiary/aromatic N) is 9. The highest BCUT2D eigenvalue weighted by molar-refractivity contribution is 6.08. The van der Waals surface area contributed by atoms with Crippen molar-refractivity contribution in [2.45, 2.75) is 64.8 Å². The summed E-state index contributed by atoms with van der Waals surface area (Å²) in [7, 11) is 1.89. The fraction of sp³-hybridized carbons (Fsp3) is 0.385. The molecule has 0 aliphatic carbocycles. The molecule has 4 aromatic heterocycles. The van der Waals surface area contributed by atoms with Crippen LogP contribution in [0.4, 0.5) is 10.6 Å². The van der Waals surface area contributed by atoms with Crippen LogP contribution in [0.1, 0.15) is 78.3 Å². The first-order chi connectivity index (χ1) is 25.9. The highest BCUT2D eigenvalue weighted by atomic mass is 16.5. The SMILES string of the molecule is Cc1cc(-c2ncnn3cc(CCN4CC[C@H](c5ccc6c(N7CCC(=O)NC7=O)nn(C)c6c5)C4)cc23)ccc1CNC(=O)c1noc(C(C)(C)C)n1. The summed E-state index contributed by atoms with van der Waals surface area (Å²) in [4.78, 5) is 49.8. The zero-order chi connectivity index (χ0) is 37.7. The molecule has 1 atom stereocenters. The highest BCUT2D eigenvalue weighted by Gasteiger charge is 2.30. The van der Waals surface area contributed by atoms with E-state index in [0.717, 1.165) is 71.3 Å². The molecule has 15 heteroatoms. The first-order valence-electron chi connectivity index (χ1n) is 18.3. The standard InChI is InChI=1S/C39H43N11O4/c1-23-16-26(6-7-27(23)19-40-36(52)34-44-37(54-46-34)39(2,3)4)33-31-17-24(20-50(31)42-22-41-33)10-13-48-14-11-28(21-48)25-8-9-29-30(18-25)47(5)45-35(29)49-15-12-32(51)43-38(49)53/h6-9,16-18,20,22,28H,10-15,19,21H2,1-5H3,(H,40,52)(H,43,51,53)/t28-/m0/s1. The molecule has 2 N–H and O–H groups in total. The van der Waals surface area contributed by atoms with Gasteiger partial charge >= 0.3 is 6.03 Å². The van der Waals surface area contributed by atoms with E-state index in [1.54, 1.807) is 11.2 Å². The highest BCUT2D eigenvalue weighted by Crippen LogP contribution is 2.33. The van der Waals surface area contributed by atoms with Gasteiger partial charge in [0.25, 0.3) is 11.7 Å². The zero-order valence-corrected chi connectivity index (χ0v) is 31.1. The Hall–Kier alpha value is -5.96. The first kappa shape index (κ1) is 35.1. The van der Waals surface area contributed by atoms with Gasteiger partial charge in [0.1, 0.15) is 6.33 Å². The Morgan fingerprint density at radius 1 is 1.07 bits per heavy atom. The number of urea groups is 1. The van der Waals surface area contributed by atoms with E-state index >= 15 is 0 Å². The van der Waals surface area contributed by atoms with E-state index in [4.69, 9.17) is 4.52 Å². The molecule has 4 amide bonds. The summed E-state index contributed by atoms with van der Waals surface area (Å²) >= 11 is 0. The molecule has 278 valence electrons. The number of aryl methyl sites for hydroxylation is 2. The summed E-state index contributed by atoms with van der Waals surface area (Å²) in [5.41, 5.74) is 7.85. The number of benzene rings is 2. The van der Waals surface area contributed by atoms with Gasteiger partial charge in [0.05, 0.1) is 16.7 Å². The van der Waals surface area contributed by atoms with Crippen LogP contribution in [0.2, 0.25) is 0 Å². The van der Waals surface area contributed by atoms with Crippen LogP contribution in [-0.4, -0.2) is 83.4 Å². The number of imide groups is 1. The van der Waals surface area contributed by atoms with Crippen molar-refractivity contribution in [3.05, 3.63) is 89.0 Å². The molecule has 2 aromatic carbocycles. The summed E-state index contributed by atoms with van der Waals surface area (Å²) in [5, 5.41) is 19.2. The number of anilines is 1. The lowest BCUT2D eigenvalue weighted by Crippen LogP contribution is -2.49. The van der Waals surface area contributed by atoms with Crippen LogP contribution in [0.3, 0.4) is 0 Å². The summed E-state index contributed by atoms with van der Waals surface area (Å²) in [5.74, 6) is 0.777. The molecule has 2 fully saturated rings. The van der Waals surface area contributed by atoms with E-state index in [9.17, 15) is 14.4 Å². The second-order valence-corrected chi connectivity index (χ2v) is 15.3. The van der Waals surface area contributed by atoms with Crippen LogP contribution < -0.4 is 15.5 Å². The maximum Gasteiger partial charge on any atom is 0.329 e. The lowest BCUT2D eigenvalue weighted by atomic mass is 9.97. The quantitative estimate of drug-likeness (QED) is 0.213. The van der Waals surface area contributed by atoms with Gasteiger partial charge in [0.2, 0.25) is 11.8 Å². The third kappa shape index (κ3) is 6.82. The van der Waals surface area contributed by atoms with Gasteiger partial charge in [0, 0.05) is 62.2 Å². The average molecular weight is 730 g/mol. The molecule has 0 saturated carbocycles. The summed E-state index contributed by atoms with van der Waals surface area (Å²) in [6, 6.07) is 14.3. The van der Waals surface area contributed by atoms with Crippen LogP contribution in [0, 0.1) is 6.92 Å². The predicted octanol–water partition coefficient (Wildman–Crippen LogP) is 4.68. The number of rotatable bonds is 9. The van der Waals surface area contributed by atoms with Gasteiger partial charge in [-0.2, -0.15) is 15.2 Å². The molecule has 0 radical (unpaired) electrons. The molecule has 0 bridgehead atoms. The molecular formula is C39H43N11O4. The number of carbonyl (C=O) groups excluding carboxylic acids is 3. The molecule has 6 heterocycles. The van der Waals surface area contributed by atoms with Crippen molar-refractivity contribution < 1.29 is 18.9 Å². The Kier molecular flexibility index (Phi) is 8.96. The van der Waals surface area contributed by atoms with Gasteiger partial charge in [-0.25, -0.2) is 14.3 Å². The summed E-state index contributed by atoms with van der Waals surface area (Å²) in [6.07, 6.45) is 5.88. The monoisotopic (exact) mass is 729 g/mol. The minimum atomic E-state index is -0.428. The van der Waals surface area contributed by atoms with Crippen molar-refractivity contribution in [3.63, 3.8) is 0 Å². The van der Waals surface area contributed by atoms with Gasteiger partial charge < -0.3 is 14.7 Å². The second kappa shape index (κ2) is 13.8. The maximum atomic E-state index is 12.7. The first-order valence-corrected chi connectivity index (χ1v) is 18.3. The second-order valence-electron chi connectivity index (χ2n) is 15.3. The Morgan fingerprint density at radius 2 is 1.93 bits per heavy atom. The number of carbonyl (C=O) groups is 3. The van der Waals surface area contributed by atoms with E-state index in [1.165, 1.54) is 11.1 Å². The molecule has 6 aromatic rings. The summed E-state index contributed by atoms with van der Waals surface area (Å²) in [6.45, 7) is 11.4. The molecular weight excluding hydrogens is 687 g/mol. The van der Waals surface area contributed by atoms with Crippen molar-refractivity contribution in [2.75, 3.05) is 31.1 Å². The van der Waals surface area contributed by atoms with E-state index in [-0.39, 0.29) is 29.5 Å². The molecule has 2 aliphatic heterocycles. The molecule has 15 nitrogen and oxygen atoms in total. The number of aromatic nitrogens is 7. The third-order valence-electron chi connectivity index (χ3n) is 10.4. The Bertz CT molecular complexity index is 2420. The van der Waals surface area contributed by atoms with Gasteiger partial charge in [-0.15, -0.1) is 0 Å². The van der Waals surface area contributed by atoms with Gasteiger partial charge in [-0.05, 0) is 78.7 Å². The molecule has 8 rings (SSSR count). The van der Waals surface area contributed by atoms with E-state index in [0.29, 0.717) is 30.7 Å². The van der Waals surface area contributed by atoms with Crippen LogP contribution in [0.15, 0.2) is 59.5 Å². The number of likely N-dealkylation sites (tertiary alicyclic amines) is 1. The third-order valence-corrected chi connectivity index (χ3v) is 10.4. The number of fused-ring (bicyclic) bond motifs is 2. The molecule has 0 unspecified atom stereocenters. The van der Waals surface area contributed by atoms with E-state index in [2.05, 4.69) is 77.4 Å². The molecule has 0 spiro atoms. The lowest BCUT2D eigenvalue weighted by Gasteiger charge is -2.24. The maximum absolute atomic E-state index is 12.7. The Morgan fingerprint density at radius 3 is 2.70 bits per heavy atom. The van der Waals surface area contributed by atoms with Crippen LogP contribution in [0.5, 0.6) is 0 Å². The molecule has 2 saturated heterocycles. The van der Waals surface area contributed by atoms with Gasteiger partial charge in [-0.3, -0.25) is 24.5 Å². The van der Waals surface area contributed by atoms with Gasteiger partial charge in [-0.1, -0.05) is 44.1 Å². The number of hydrogen-bond acceptors (Lipinski definition) is 10. The van der Waals surface area contributed by atoms with Crippen LogP contribution in [0.25, 0.3) is 27.7 Å². The van der Waals surface area contributed by atoms with Crippen molar-refractivity contribution in [1.29, 1.82) is 0 Å². The van der Waals surface area contributed by atoms with E-state index < -0.39 is 6.03 Å². The van der Waals surface area contributed by atoms with Gasteiger partial charge in [0.15, 0.2) is 5.82 Å². The van der Waals surface area contributed by atoms with Crippen molar-refractivity contribution >= 4 is 40.1 Å². The minimum absolute atomic E-state index is 0.0240. The minimum Gasteiger partial charge on any atom is -0.345 e. The number of hydrogen-bond donors (Lipinski definition) is 2. The lowest BCUT2D eigenvalue weighted by molar-refractivity contribution is -0.120. The fourth-order valence-corrected chi connectivity index (χ4v) is 7.33. The fourth-order valence-electron chi connectivity index (χ4n) is 7.33. The van der Waals surface area contributed by atoms with Crippen LogP contribution >= 0.6 is 0 Å². The number of nitrogens with one attached hydrogen (secondary N) is 2. The molecule has 2 aliphatic rings. The normalized spacial score (nSPS) is 16.8. The smallest absolute Gasteiger partial charge is 0.329 e. The topological polar surface area (TPSA) is 169 Å². The predicted molar refractivity (Wildman–Crippen MR) is 201 cm³/mol. The van der Waals surface area contributed by atoms with Crippen molar-refractivity contribution in [3.8, 4) is 11.3 Å². The molecule has 54 heavy (non-hydrogen) atoms. The van der Waals surface area contributed by atoms with Crippen molar-refractivity contribution in [2.24, 2.45) is 7.05 Å². The summed E-state index contributed by atoms with van der Waals surface area (Å²) < 4.78 is 8.98. The Balaban J connectivity index is 0.899. The zero-order valence-electron chi connectivity index (χ0n) is 31.1. The van der Waals surface area contributed by atoms with Crippen molar-refractivity contribution in [1.82, 2.24) is 50.1 Å². The number of amides is 4.